The van der Waals surface area contributed by atoms with Gasteiger partial charge in [-0.1, -0.05) is 11.6 Å². The molecule has 0 bridgehead atoms. The van der Waals surface area contributed by atoms with Crippen LogP contribution in [0.5, 0.6) is 0 Å². The Hall–Kier alpha value is -1.18. The zero-order valence-corrected chi connectivity index (χ0v) is 9.91. The molecule has 16 heavy (non-hydrogen) atoms. The fourth-order valence-corrected chi connectivity index (χ4v) is 2.09. The van der Waals surface area contributed by atoms with Gasteiger partial charge in [-0.2, -0.15) is 5.26 Å². The number of likely N-dealkylation sites (tertiary alicyclic amines) is 1. The molecule has 1 aliphatic rings. The van der Waals surface area contributed by atoms with E-state index in [2.05, 4.69) is 21.9 Å². The third-order valence-electron chi connectivity index (χ3n) is 2.97. The molecule has 2 rings (SSSR count). The highest BCUT2D eigenvalue weighted by molar-refractivity contribution is 6.30. The average molecular weight is 237 g/mol. The smallest absolute Gasteiger partial charge is 0.150 e. The van der Waals surface area contributed by atoms with E-state index in [1.165, 1.54) is 6.20 Å². The van der Waals surface area contributed by atoms with Gasteiger partial charge in [-0.05, 0) is 33.0 Å². The summed E-state index contributed by atoms with van der Waals surface area (Å²) in [4.78, 5) is 10.7. The van der Waals surface area contributed by atoms with Gasteiger partial charge < -0.3 is 4.90 Å². The lowest BCUT2D eigenvalue weighted by atomic mass is 9.96. The fraction of sp³-hybridized carbons (Fsp3) is 0.545. The van der Waals surface area contributed by atoms with E-state index in [0.717, 1.165) is 31.8 Å². The van der Waals surface area contributed by atoms with Gasteiger partial charge in [-0.3, -0.25) is 0 Å². The number of aromatic nitrogens is 2. The van der Waals surface area contributed by atoms with Crippen LogP contribution in [-0.4, -0.2) is 35.0 Å². The molecule has 4 nitrogen and oxygen atoms in total. The third kappa shape index (κ3) is 2.31. The maximum atomic E-state index is 8.73. The summed E-state index contributed by atoms with van der Waals surface area (Å²) in [5, 5.41) is 9.00. The molecule has 0 N–H and O–H groups in total. The van der Waals surface area contributed by atoms with Crippen LogP contribution in [0.3, 0.4) is 0 Å². The molecule has 84 valence electrons. The molecule has 0 atom stereocenters. The number of nitrogens with zero attached hydrogens (tertiary/aromatic N) is 4. The Labute approximate surface area is 99.9 Å². The molecule has 0 saturated carbocycles. The van der Waals surface area contributed by atoms with E-state index in [9.17, 15) is 0 Å². The van der Waals surface area contributed by atoms with E-state index in [1.54, 1.807) is 0 Å². The predicted octanol–water partition coefficient (Wildman–Crippen LogP) is 1.81. The largest absolute Gasteiger partial charge is 0.306 e. The summed E-state index contributed by atoms with van der Waals surface area (Å²) in [6.45, 7) is 2.12. The second-order valence-corrected chi connectivity index (χ2v) is 4.48. The minimum absolute atomic E-state index is 0.270. The lowest BCUT2D eigenvalue weighted by Crippen LogP contribution is -2.29. The van der Waals surface area contributed by atoms with Crippen molar-refractivity contribution >= 4 is 11.6 Å². The first kappa shape index (κ1) is 11.3. The van der Waals surface area contributed by atoms with Crippen LogP contribution < -0.4 is 0 Å². The summed E-state index contributed by atoms with van der Waals surface area (Å²) in [5.74, 6) is 1.15. The van der Waals surface area contributed by atoms with Gasteiger partial charge >= 0.3 is 0 Å². The van der Waals surface area contributed by atoms with Gasteiger partial charge in [0.1, 0.15) is 17.5 Å². The fourth-order valence-electron chi connectivity index (χ4n) is 1.91. The topological polar surface area (TPSA) is 52.8 Å². The van der Waals surface area contributed by atoms with Gasteiger partial charge in [0.25, 0.3) is 0 Å². The van der Waals surface area contributed by atoms with Crippen LogP contribution in [-0.2, 0) is 0 Å². The van der Waals surface area contributed by atoms with Crippen molar-refractivity contribution < 1.29 is 0 Å². The minimum Gasteiger partial charge on any atom is -0.306 e. The van der Waals surface area contributed by atoms with Crippen LogP contribution in [0.4, 0.5) is 0 Å². The molecule has 1 aromatic rings. The lowest BCUT2D eigenvalue weighted by molar-refractivity contribution is 0.251. The SMILES string of the molecule is CN1CCC(c2ncc(C#N)c(Cl)n2)CC1. The van der Waals surface area contributed by atoms with Gasteiger partial charge in [-0.15, -0.1) is 0 Å². The van der Waals surface area contributed by atoms with Crippen LogP contribution >= 0.6 is 11.6 Å². The molecule has 0 radical (unpaired) electrons. The summed E-state index contributed by atoms with van der Waals surface area (Å²) >= 11 is 5.89. The molecule has 1 saturated heterocycles. The van der Waals surface area contributed by atoms with Crippen LogP contribution in [0.2, 0.25) is 5.15 Å². The number of hydrogen-bond acceptors (Lipinski definition) is 4. The average Bonchev–Trinajstić information content (AvgIpc) is 2.30. The quantitative estimate of drug-likeness (QED) is 0.698. The Morgan fingerprint density at radius 2 is 2.19 bits per heavy atom. The Morgan fingerprint density at radius 1 is 1.50 bits per heavy atom. The van der Waals surface area contributed by atoms with Gasteiger partial charge in [0, 0.05) is 12.1 Å². The van der Waals surface area contributed by atoms with Gasteiger partial charge in [-0.25, -0.2) is 9.97 Å². The normalized spacial score (nSPS) is 18.3. The maximum Gasteiger partial charge on any atom is 0.150 e. The molecule has 1 aliphatic heterocycles. The highest BCUT2D eigenvalue weighted by Gasteiger charge is 2.21. The third-order valence-corrected chi connectivity index (χ3v) is 3.25. The molecule has 0 amide bonds. The summed E-state index contributed by atoms with van der Waals surface area (Å²) < 4.78 is 0. The first-order valence-electron chi connectivity index (χ1n) is 5.32. The van der Waals surface area contributed by atoms with Crippen molar-refractivity contribution in [3.63, 3.8) is 0 Å². The molecule has 5 heteroatoms. The molecular formula is C11H13ClN4. The molecular weight excluding hydrogens is 224 g/mol. The summed E-state index contributed by atoms with van der Waals surface area (Å²) in [6, 6.07) is 1.97. The Bertz CT molecular complexity index is 418. The predicted molar refractivity (Wildman–Crippen MR) is 61.2 cm³/mol. The van der Waals surface area contributed by atoms with E-state index in [4.69, 9.17) is 16.9 Å². The standard InChI is InChI=1S/C11H13ClN4/c1-16-4-2-8(3-5-16)11-14-7-9(6-13)10(12)15-11/h7-8H,2-5H2,1H3. The van der Waals surface area contributed by atoms with Gasteiger partial charge in [0.05, 0.1) is 0 Å². The first-order valence-corrected chi connectivity index (χ1v) is 5.69. The zero-order valence-electron chi connectivity index (χ0n) is 9.15. The molecule has 1 fully saturated rings. The minimum atomic E-state index is 0.270. The Morgan fingerprint density at radius 3 is 2.75 bits per heavy atom. The number of piperidine rings is 1. The van der Waals surface area contributed by atoms with Crippen molar-refractivity contribution in [2.45, 2.75) is 18.8 Å². The second-order valence-electron chi connectivity index (χ2n) is 4.12. The molecule has 0 unspecified atom stereocenters. The molecule has 0 aromatic carbocycles. The van der Waals surface area contributed by atoms with Crippen LogP contribution in [0.1, 0.15) is 30.1 Å². The highest BCUT2D eigenvalue weighted by Crippen LogP contribution is 2.25. The van der Waals surface area contributed by atoms with Gasteiger partial charge in [0.15, 0.2) is 5.15 Å². The first-order chi connectivity index (χ1) is 7.70. The van der Waals surface area contributed by atoms with E-state index in [1.807, 2.05) is 6.07 Å². The zero-order chi connectivity index (χ0) is 11.5. The van der Waals surface area contributed by atoms with Crippen LogP contribution in [0, 0.1) is 11.3 Å². The van der Waals surface area contributed by atoms with E-state index in [0.29, 0.717) is 11.5 Å². The monoisotopic (exact) mass is 236 g/mol. The summed E-state index contributed by atoms with van der Waals surface area (Å²) in [6.07, 6.45) is 3.63. The molecule has 0 aliphatic carbocycles. The van der Waals surface area contributed by atoms with Crippen molar-refractivity contribution in [1.82, 2.24) is 14.9 Å². The van der Waals surface area contributed by atoms with Crippen molar-refractivity contribution in [3.05, 3.63) is 22.7 Å². The number of hydrogen-bond donors (Lipinski definition) is 0. The molecule has 2 heterocycles. The summed E-state index contributed by atoms with van der Waals surface area (Å²) in [7, 11) is 2.11. The van der Waals surface area contributed by atoms with E-state index < -0.39 is 0 Å². The highest BCUT2D eigenvalue weighted by atomic mass is 35.5. The van der Waals surface area contributed by atoms with Gasteiger partial charge in [0.2, 0.25) is 0 Å². The van der Waals surface area contributed by atoms with Crippen LogP contribution in [0.15, 0.2) is 6.20 Å². The lowest BCUT2D eigenvalue weighted by Gasteiger charge is -2.27. The van der Waals surface area contributed by atoms with Crippen molar-refractivity contribution in [3.8, 4) is 6.07 Å². The number of rotatable bonds is 1. The summed E-state index contributed by atoms with van der Waals surface area (Å²) in [5.41, 5.74) is 0.346. The Balaban J connectivity index is 2.16. The van der Waals surface area contributed by atoms with E-state index >= 15 is 0 Å². The number of halogens is 1. The van der Waals surface area contributed by atoms with Crippen molar-refractivity contribution in [2.24, 2.45) is 0 Å². The van der Waals surface area contributed by atoms with Crippen LogP contribution in [0.25, 0.3) is 0 Å². The van der Waals surface area contributed by atoms with Crippen molar-refractivity contribution in [1.29, 1.82) is 5.26 Å². The van der Waals surface area contributed by atoms with E-state index in [-0.39, 0.29) is 5.15 Å². The maximum absolute atomic E-state index is 8.73. The molecule has 1 aromatic heterocycles. The van der Waals surface area contributed by atoms with Crippen molar-refractivity contribution in [2.75, 3.05) is 20.1 Å². The molecule has 0 spiro atoms. The number of nitriles is 1. The second kappa shape index (κ2) is 4.77. The Kier molecular flexibility index (Phi) is 3.37.